The van der Waals surface area contributed by atoms with Gasteiger partial charge in [0.2, 0.25) is 35.7 Å². The van der Waals surface area contributed by atoms with E-state index in [-0.39, 0.29) is 35.7 Å². The Morgan fingerprint density at radius 1 is 0.407 bits per heavy atom. The van der Waals surface area contributed by atoms with Crippen molar-refractivity contribution in [3.63, 3.8) is 0 Å². The van der Waals surface area contributed by atoms with Crippen molar-refractivity contribution < 1.29 is 9.59 Å². The third-order valence-corrected chi connectivity index (χ3v) is 7.42. The zero-order chi connectivity index (χ0) is 40.2. The van der Waals surface area contributed by atoms with Gasteiger partial charge in [0, 0.05) is 46.5 Å². The first-order chi connectivity index (χ1) is 25.5. The second-order valence-corrected chi connectivity index (χ2v) is 12.2. The van der Waals surface area contributed by atoms with Gasteiger partial charge < -0.3 is 56.5 Å². The van der Waals surface area contributed by atoms with Crippen molar-refractivity contribution in [3.05, 3.63) is 58.7 Å². The Morgan fingerprint density at radius 2 is 0.648 bits per heavy atom. The molecule has 2 amide bonds. The lowest BCUT2D eigenvalue weighted by Crippen LogP contribution is -2.22. The van der Waals surface area contributed by atoms with Crippen LogP contribution in [0.1, 0.15) is 101 Å². The molecule has 0 fully saturated rings. The number of hydrogen-bond donors (Lipinski definition) is 10. The topological polar surface area (TPSA) is 365 Å². The van der Waals surface area contributed by atoms with Crippen LogP contribution in [0.15, 0.2) is 77.2 Å². The summed E-state index contributed by atoms with van der Waals surface area (Å²) in [6, 6.07) is 10.7. The average Bonchev–Trinajstić information content (AvgIpc) is 3.11. The molecular weight excluding hydrogens is 692 g/mol. The molecule has 0 atom stereocenters. The van der Waals surface area contributed by atoms with Crippen LogP contribution in [0.5, 0.6) is 0 Å². The fraction of sp³-hybridized carbons (Fsp3) is 0.353. The van der Waals surface area contributed by atoms with Crippen molar-refractivity contribution >= 4 is 69.9 Å². The van der Waals surface area contributed by atoms with Crippen LogP contribution in [0.2, 0.25) is 0 Å². The molecule has 0 aliphatic carbocycles. The fourth-order valence-corrected chi connectivity index (χ4v) is 4.72. The third-order valence-electron chi connectivity index (χ3n) is 7.42. The minimum atomic E-state index is -0.185. The van der Waals surface area contributed by atoms with Crippen molar-refractivity contribution in [1.29, 1.82) is 0 Å². The maximum Gasteiger partial charge on any atom is 0.224 e. The average molecular weight is 745 g/mol. The molecule has 290 valence electrons. The van der Waals surface area contributed by atoms with E-state index < -0.39 is 0 Å². The summed E-state index contributed by atoms with van der Waals surface area (Å²) in [5.74, 6) is -1.03. The summed E-state index contributed by atoms with van der Waals surface area (Å²) in [6.07, 6.45) is 5.62. The molecule has 0 aliphatic rings. The van der Waals surface area contributed by atoms with Crippen molar-refractivity contribution in [1.82, 2.24) is 0 Å². The van der Waals surface area contributed by atoms with Gasteiger partial charge in [0.1, 0.15) is 0 Å². The lowest BCUT2D eigenvalue weighted by molar-refractivity contribution is -0.117. The molecule has 0 saturated carbocycles. The quantitative estimate of drug-likeness (QED) is 0.0426. The van der Waals surface area contributed by atoms with Gasteiger partial charge in [-0.25, -0.2) is 0 Å². The zero-order valence-corrected chi connectivity index (χ0v) is 31.1. The number of nitrogens with one attached hydrogen (secondary N) is 2. The second-order valence-electron chi connectivity index (χ2n) is 12.2. The normalized spacial score (nSPS) is 12.0. The summed E-state index contributed by atoms with van der Waals surface area (Å²) in [5, 5.41) is 36.8. The Kier molecular flexibility index (Phi) is 17.8. The summed E-state index contributed by atoms with van der Waals surface area (Å²) in [7, 11) is 0. The van der Waals surface area contributed by atoms with Crippen molar-refractivity contribution in [2.45, 2.75) is 79.1 Å². The molecule has 0 saturated heterocycles. The second kappa shape index (κ2) is 22.2. The zero-order valence-electron chi connectivity index (χ0n) is 31.1. The molecule has 0 unspecified atom stereocenters. The summed E-state index contributed by atoms with van der Waals surface area (Å²) >= 11 is 0. The van der Waals surface area contributed by atoms with E-state index in [0.717, 1.165) is 25.7 Å². The van der Waals surface area contributed by atoms with E-state index in [9.17, 15) is 9.59 Å². The third kappa shape index (κ3) is 16.9. The van der Waals surface area contributed by atoms with Crippen LogP contribution in [-0.4, -0.2) is 58.5 Å². The highest BCUT2D eigenvalue weighted by Gasteiger charge is 2.12. The van der Waals surface area contributed by atoms with E-state index in [4.69, 9.17) is 45.9 Å². The number of nitrogens with zero attached hydrogens (tertiary/aromatic N) is 8. The van der Waals surface area contributed by atoms with Gasteiger partial charge in [0.05, 0.1) is 22.8 Å². The predicted molar refractivity (Wildman–Crippen MR) is 219 cm³/mol. The van der Waals surface area contributed by atoms with E-state index in [1.54, 1.807) is 64.1 Å². The van der Waals surface area contributed by atoms with Gasteiger partial charge in [-0.3, -0.25) is 9.59 Å². The number of anilines is 2. The SMILES string of the molecule is C/C(=N/N=C(N)N)c1cc(NC(=O)CCCCCCCCC(=O)Nc2cc(/C(C)=N\N=C(N)N)cc(/C(C)=N/N=C(N)N)c2)cc(/C(C)=N/N=C(N)N)c1. The van der Waals surface area contributed by atoms with Gasteiger partial charge in [0.15, 0.2) is 0 Å². The Morgan fingerprint density at radius 3 is 0.889 bits per heavy atom. The maximum atomic E-state index is 12.8. The maximum absolute atomic E-state index is 12.8. The highest BCUT2D eigenvalue weighted by Crippen LogP contribution is 2.20. The molecule has 20 nitrogen and oxygen atoms in total. The summed E-state index contributed by atoms with van der Waals surface area (Å²) in [6.45, 7) is 6.92. The molecular formula is C34H52N18O2. The minimum Gasteiger partial charge on any atom is -0.369 e. The minimum absolute atomic E-state index is 0.143. The van der Waals surface area contributed by atoms with Crippen LogP contribution in [0.25, 0.3) is 0 Å². The number of benzene rings is 2. The summed E-state index contributed by atoms with van der Waals surface area (Å²) in [4.78, 5) is 25.7. The van der Waals surface area contributed by atoms with E-state index in [0.29, 0.717) is 82.2 Å². The number of rotatable bonds is 19. The molecule has 18 N–H and O–H groups in total. The number of unbranched alkanes of at least 4 members (excludes halogenated alkanes) is 5. The monoisotopic (exact) mass is 744 g/mol. The smallest absolute Gasteiger partial charge is 0.224 e. The van der Waals surface area contributed by atoms with E-state index >= 15 is 0 Å². The Balaban J connectivity index is 1.91. The van der Waals surface area contributed by atoms with Gasteiger partial charge in [-0.05, 0) is 76.9 Å². The van der Waals surface area contributed by atoms with Crippen LogP contribution in [-0.2, 0) is 9.59 Å². The summed E-state index contributed by atoms with van der Waals surface area (Å²) < 4.78 is 0. The molecule has 0 bridgehead atoms. The van der Waals surface area contributed by atoms with Gasteiger partial charge in [-0.1, -0.05) is 25.7 Å². The first-order valence-electron chi connectivity index (χ1n) is 17.0. The van der Waals surface area contributed by atoms with Crippen molar-refractivity contribution in [2.24, 2.45) is 86.7 Å². The van der Waals surface area contributed by atoms with Crippen LogP contribution in [0, 0.1) is 0 Å². The van der Waals surface area contributed by atoms with Gasteiger partial charge in [-0.2, -0.15) is 20.4 Å². The Hall–Kier alpha value is -6.86. The number of amides is 2. The molecule has 0 spiro atoms. The Labute approximate surface area is 314 Å². The van der Waals surface area contributed by atoms with Crippen LogP contribution in [0.3, 0.4) is 0 Å². The van der Waals surface area contributed by atoms with Crippen LogP contribution < -0.4 is 56.5 Å². The summed E-state index contributed by atoms with van der Waals surface area (Å²) in [5.41, 5.74) is 49.0. The number of guanidine groups is 4. The first kappa shape index (κ1) is 43.3. The largest absolute Gasteiger partial charge is 0.369 e. The van der Waals surface area contributed by atoms with Crippen LogP contribution >= 0.6 is 0 Å². The molecule has 54 heavy (non-hydrogen) atoms. The van der Waals surface area contributed by atoms with E-state index in [1.165, 1.54) is 0 Å². The first-order valence-corrected chi connectivity index (χ1v) is 17.0. The van der Waals surface area contributed by atoms with Gasteiger partial charge in [0.25, 0.3) is 0 Å². The highest BCUT2D eigenvalue weighted by molar-refractivity contribution is 6.07. The molecule has 2 rings (SSSR count). The standard InChI is InChI=1S/C34H52N18O2/c1-19(45-49-31(35)36)23-13-24(20(2)46-50-32(37)38)16-27(15-23)43-29(53)11-9-7-5-6-8-10-12-30(54)44-28-17-25(21(3)47-51-33(39)40)14-26(18-28)22(4)48-52-34(41)42/h13-18H,5-12H2,1-4H3,(H,43,53)(H,44,54)(H4,35,36,49)(H4,37,38,50)(H4,39,40,51)(H4,41,42,52)/b45-19-,46-20+,47-21-,48-22+. The molecule has 2 aromatic rings. The number of carbonyl (C=O) groups is 2. The van der Waals surface area contributed by atoms with Crippen LogP contribution in [0.4, 0.5) is 11.4 Å². The van der Waals surface area contributed by atoms with E-state index in [2.05, 4.69) is 51.4 Å². The molecule has 0 aromatic heterocycles. The highest BCUT2D eigenvalue weighted by atomic mass is 16.2. The number of hydrogen-bond acceptors (Lipinski definition) is 10. The molecule has 0 heterocycles. The van der Waals surface area contributed by atoms with Gasteiger partial charge in [-0.15, -0.1) is 20.4 Å². The molecule has 2 aromatic carbocycles. The lowest BCUT2D eigenvalue weighted by Gasteiger charge is -2.11. The molecule has 0 aliphatic heterocycles. The fourth-order valence-electron chi connectivity index (χ4n) is 4.72. The Bertz CT molecular complexity index is 1630. The number of carbonyl (C=O) groups excluding carboxylic acids is 2. The van der Waals surface area contributed by atoms with Crippen molar-refractivity contribution in [2.75, 3.05) is 10.6 Å². The molecule has 0 radical (unpaired) electrons. The van der Waals surface area contributed by atoms with Gasteiger partial charge >= 0.3 is 0 Å². The molecule has 20 heteroatoms. The predicted octanol–water partition coefficient (Wildman–Crippen LogP) is 1.37. The number of nitrogens with two attached hydrogens (primary N) is 8. The van der Waals surface area contributed by atoms with Crippen molar-refractivity contribution in [3.8, 4) is 0 Å². The lowest BCUT2D eigenvalue weighted by atomic mass is 10.0. The van der Waals surface area contributed by atoms with E-state index in [1.807, 2.05) is 0 Å².